The van der Waals surface area contributed by atoms with Crippen LogP contribution in [0.3, 0.4) is 0 Å². The van der Waals surface area contributed by atoms with Crippen molar-refractivity contribution in [1.29, 1.82) is 5.26 Å². The van der Waals surface area contributed by atoms with Crippen LogP contribution in [0.15, 0.2) is 24.4 Å². The zero-order chi connectivity index (χ0) is 12.1. The summed E-state index contributed by atoms with van der Waals surface area (Å²) in [5.41, 5.74) is 0.205. The zero-order valence-electron chi connectivity index (χ0n) is 9.65. The van der Waals surface area contributed by atoms with Gasteiger partial charge >= 0.3 is 0 Å². The van der Waals surface area contributed by atoms with Crippen molar-refractivity contribution >= 4 is 5.91 Å². The Balaban J connectivity index is 1.80. The number of rotatable bonds is 4. The maximum absolute atomic E-state index is 11.8. The van der Waals surface area contributed by atoms with Crippen LogP contribution in [0.25, 0.3) is 0 Å². The molecule has 0 bridgehead atoms. The number of nitriles is 1. The third-order valence-corrected chi connectivity index (χ3v) is 3.25. The lowest BCUT2D eigenvalue weighted by Crippen LogP contribution is -2.45. The minimum atomic E-state index is -0.746. The fourth-order valence-corrected chi connectivity index (χ4v) is 1.94. The molecule has 1 aliphatic carbocycles. The molecule has 2 rings (SSSR count). The van der Waals surface area contributed by atoms with E-state index in [-0.39, 0.29) is 5.91 Å². The first-order valence-corrected chi connectivity index (χ1v) is 5.86. The molecule has 17 heavy (non-hydrogen) atoms. The number of aromatic nitrogens is 1. The lowest BCUT2D eigenvalue weighted by Gasteiger charge is -2.33. The van der Waals surface area contributed by atoms with E-state index in [9.17, 15) is 4.79 Å². The number of carbonyl (C=O) groups excluding carboxylic acids is 1. The monoisotopic (exact) mass is 229 g/mol. The van der Waals surface area contributed by atoms with E-state index in [1.165, 1.54) is 0 Å². The highest BCUT2D eigenvalue weighted by Crippen LogP contribution is 2.40. The second-order valence-electron chi connectivity index (χ2n) is 4.37. The first-order valence-electron chi connectivity index (χ1n) is 5.86. The number of hydrogen-bond acceptors (Lipinski definition) is 3. The van der Waals surface area contributed by atoms with Crippen molar-refractivity contribution in [3.05, 3.63) is 30.1 Å². The highest BCUT2D eigenvalue weighted by molar-refractivity contribution is 5.86. The maximum Gasteiger partial charge on any atom is 0.240 e. The molecule has 0 radical (unpaired) electrons. The molecule has 1 N–H and O–H groups in total. The fraction of sp³-hybridized carbons (Fsp3) is 0.462. The molecule has 0 saturated heterocycles. The summed E-state index contributed by atoms with van der Waals surface area (Å²) in [6, 6.07) is 7.85. The lowest BCUT2D eigenvalue weighted by atomic mass is 9.69. The Kier molecular flexibility index (Phi) is 3.38. The molecule has 1 heterocycles. The molecule has 1 saturated carbocycles. The average molecular weight is 229 g/mol. The van der Waals surface area contributed by atoms with Crippen LogP contribution in [0.1, 0.15) is 25.0 Å². The van der Waals surface area contributed by atoms with E-state index < -0.39 is 5.41 Å². The second-order valence-corrected chi connectivity index (χ2v) is 4.37. The Bertz CT molecular complexity index is 432. The van der Waals surface area contributed by atoms with Crippen molar-refractivity contribution in [2.24, 2.45) is 5.41 Å². The normalized spacial score (nSPS) is 16.6. The van der Waals surface area contributed by atoms with E-state index in [2.05, 4.69) is 16.4 Å². The number of nitrogens with zero attached hydrogens (tertiary/aromatic N) is 2. The molecular formula is C13H15N3O. The first kappa shape index (κ1) is 11.6. The number of amides is 1. The Hall–Kier alpha value is -1.89. The zero-order valence-corrected chi connectivity index (χ0v) is 9.65. The van der Waals surface area contributed by atoms with Crippen molar-refractivity contribution in [2.45, 2.75) is 25.7 Å². The SMILES string of the molecule is N#CC1(C(=O)NCCc2ccccn2)CCC1. The number of nitrogens with one attached hydrogen (secondary N) is 1. The molecule has 1 aromatic heterocycles. The Morgan fingerprint density at radius 1 is 1.53 bits per heavy atom. The van der Waals surface area contributed by atoms with E-state index in [1.54, 1.807) is 6.20 Å². The molecule has 1 fully saturated rings. The van der Waals surface area contributed by atoms with Gasteiger partial charge in [0.15, 0.2) is 0 Å². The molecule has 0 unspecified atom stereocenters. The van der Waals surface area contributed by atoms with Gasteiger partial charge in [0.25, 0.3) is 0 Å². The predicted molar refractivity (Wildman–Crippen MR) is 62.8 cm³/mol. The topological polar surface area (TPSA) is 65.8 Å². The molecule has 1 amide bonds. The summed E-state index contributed by atoms with van der Waals surface area (Å²) in [6.07, 6.45) is 4.80. The van der Waals surface area contributed by atoms with Crippen molar-refractivity contribution in [3.63, 3.8) is 0 Å². The summed E-state index contributed by atoms with van der Waals surface area (Å²) in [5, 5.41) is 11.8. The van der Waals surface area contributed by atoms with E-state index in [0.717, 1.165) is 12.1 Å². The third kappa shape index (κ3) is 2.44. The highest BCUT2D eigenvalue weighted by atomic mass is 16.2. The number of hydrogen-bond donors (Lipinski definition) is 1. The minimum absolute atomic E-state index is 0.123. The van der Waals surface area contributed by atoms with Gasteiger partial charge in [0, 0.05) is 24.9 Å². The number of carbonyl (C=O) groups is 1. The fourth-order valence-electron chi connectivity index (χ4n) is 1.94. The van der Waals surface area contributed by atoms with Gasteiger partial charge in [-0.3, -0.25) is 9.78 Å². The van der Waals surface area contributed by atoms with Crippen molar-refractivity contribution in [1.82, 2.24) is 10.3 Å². The summed E-state index contributed by atoms with van der Waals surface area (Å²) >= 11 is 0. The molecule has 0 aromatic carbocycles. The summed E-state index contributed by atoms with van der Waals surface area (Å²) in [7, 11) is 0. The van der Waals surface area contributed by atoms with Gasteiger partial charge < -0.3 is 5.32 Å². The van der Waals surface area contributed by atoms with E-state index >= 15 is 0 Å². The van der Waals surface area contributed by atoms with Crippen LogP contribution in [0.5, 0.6) is 0 Å². The van der Waals surface area contributed by atoms with Gasteiger partial charge in [-0.25, -0.2) is 0 Å². The predicted octanol–water partition coefficient (Wildman–Crippen LogP) is 1.43. The quantitative estimate of drug-likeness (QED) is 0.849. The van der Waals surface area contributed by atoms with E-state index in [1.807, 2.05) is 18.2 Å². The largest absolute Gasteiger partial charge is 0.354 e. The van der Waals surface area contributed by atoms with Crippen LogP contribution in [-0.2, 0) is 11.2 Å². The van der Waals surface area contributed by atoms with Gasteiger partial charge in [-0.2, -0.15) is 5.26 Å². The minimum Gasteiger partial charge on any atom is -0.354 e. The van der Waals surface area contributed by atoms with Gasteiger partial charge in [-0.1, -0.05) is 6.07 Å². The highest BCUT2D eigenvalue weighted by Gasteiger charge is 2.44. The van der Waals surface area contributed by atoms with Crippen LogP contribution >= 0.6 is 0 Å². The molecule has 4 nitrogen and oxygen atoms in total. The van der Waals surface area contributed by atoms with Crippen LogP contribution in [0.2, 0.25) is 0 Å². The Labute approximate surface area is 101 Å². The van der Waals surface area contributed by atoms with Crippen LogP contribution in [0.4, 0.5) is 0 Å². The summed E-state index contributed by atoms with van der Waals surface area (Å²) in [6.45, 7) is 0.541. The lowest BCUT2D eigenvalue weighted by molar-refractivity contribution is -0.131. The van der Waals surface area contributed by atoms with Crippen molar-refractivity contribution < 1.29 is 4.79 Å². The van der Waals surface area contributed by atoms with Crippen LogP contribution in [0, 0.1) is 16.7 Å². The summed E-state index contributed by atoms with van der Waals surface area (Å²) < 4.78 is 0. The smallest absolute Gasteiger partial charge is 0.240 e. The molecule has 88 valence electrons. The average Bonchev–Trinajstić information content (AvgIpc) is 2.30. The molecule has 1 aromatic rings. The summed E-state index contributed by atoms with van der Waals surface area (Å²) in [4.78, 5) is 16.0. The van der Waals surface area contributed by atoms with E-state index in [0.29, 0.717) is 25.8 Å². The van der Waals surface area contributed by atoms with Gasteiger partial charge in [0.2, 0.25) is 5.91 Å². The van der Waals surface area contributed by atoms with Gasteiger partial charge in [-0.15, -0.1) is 0 Å². The molecule has 0 atom stereocenters. The second kappa shape index (κ2) is 4.96. The molecule has 4 heteroatoms. The van der Waals surface area contributed by atoms with Gasteiger partial charge in [0.05, 0.1) is 6.07 Å². The molecule has 1 aliphatic rings. The Morgan fingerprint density at radius 3 is 2.88 bits per heavy atom. The Morgan fingerprint density at radius 2 is 2.35 bits per heavy atom. The molecule has 0 aliphatic heterocycles. The number of pyridine rings is 1. The van der Waals surface area contributed by atoms with E-state index in [4.69, 9.17) is 5.26 Å². The summed E-state index contributed by atoms with van der Waals surface area (Å²) in [5.74, 6) is -0.123. The van der Waals surface area contributed by atoms with Crippen molar-refractivity contribution in [2.75, 3.05) is 6.54 Å². The van der Waals surface area contributed by atoms with Crippen LogP contribution in [-0.4, -0.2) is 17.4 Å². The first-order chi connectivity index (χ1) is 8.27. The maximum atomic E-state index is 11.8. The van der Waals surface area contributed by atoms with Gasteiger partial charge in [0.1, 0.15) is 5.41 Å². The van der Waals surface area contributed by atoms with Gasteiger partial charge in [-0.05, 0) is 31.4 Å². The van der Waals surface area contributed by atoms with Crippen molar-refractivity contribution in [3.8, 4) is 6.07 Å². The molecular weight excluding hydrogens is 214 g/mol. The molecule has 0 spiro atoms. The standard InChI is InChI=1S/C13H15N3O/c14-10-13(6-3-7-13)12(17)16-9-5-11-4-1-2-8-15-11/h1-2,4,8H,3,5-7,9H2,(H,16,17). The third-order valence-electron chi connectivity index (χ3n) is 3.25. The van der Waals surface area contributed by atoms with Crippen LogP contribution < -0.4 is 5.32 Å².